The highest BCUT2D eigenvalue weighted by Crippen LogP contribution is 2.18. The maximum absolute atomic E-state index is 12.6. The summed E-state index contributed by atoms with van der Waals surface area (Å²) in [5, 5.41) is 5.82. The molecular formula is C29H39ClIN7O3. The van der Waals surface area contributed by atoms with Crippen LogP contribution in [0.1, 0.15) is 40.9 Å². The largest absolute Gasteiger partial charge is 1.00 e. The minimum atomic E-state index is -0.451. The summed E-state index contributed by atoms with van der Waals surface area (Å²) in [6.07, 6.45) is 2.88. The summed E-state index contributed by atoms with van der Waals surface area (Å²) in [5.74, 6) is 0.214. The Balaban J connectivity index is 0.00000588. The van der Waals surface area contributed by atoms with Crippen LogP contribution in [0.25, 0.3) is 0 Å². The molecule has 10 nitrogen and oxygen atoms in total. The third kappa shape index (κ3) is 11.3. The number of nitrogens with two attached hydrogens (primary N) is 2. The second-order valence-corrected chi connectivity index (χ2v) is 10.9. The van der Waals surface area contributed by atoms with Gasteiger partial charge in [0.25, 0.3) is 5.91 Å². The number of hydrogen-bond acceptors (Lipinski definition) is 7. The van der Waals surface area contributed by atoms with Crippen LogP contribution in [0.2, 0.25) is 5.15 Å². The van der Waals surface area contributed by atoms with Crippen molar-refractivity contribution in [2.24, 2.45) is 0 Å². The molecule has 0 aliphatic heterocycles. The monoisotopic (exact) mass is 695 g/mol. The molecule has 12 heteroatoms. The van der Waals surface area contributed by atoms with Crippen LogP contribution in [0.5, 0.6) is 5.75 Å². The van der Waals surface area contributed by atoms with E-state index in [-0.39, 0.29) is 58.4 Å². The Morgan fingerprint density at radius 2 is 1.61 bits per heavy atom. The van der Waals surface area contributed by atoms with Gasteiger partial charge < -0.3 is 55.3 Å². The van der Waals surface area contributed by atoms with Gasteiger partial charge in [0.1, 0.15) is 18.4 Å². The van der Waals surface area contributed by atoms with Crippen LogP contribution >= 0.6 is 11.6 Å². The highest BCUT2D eigenvalue weighted by atomic mass is 127. The molecule has 0 unspecified atom stereocenters. The topological polar surface area (TPSA) is 145 Å². The number of quaternary nitrogens is 1. The van der Waals surface area contributed by atoms with Crippen molar-refractivity contribution in [1.29, 1.82) is 0 Å². The van der Waals surface area contributed by atoms with Gasteiger partial charge in [-0.2, -0.15) is 0 Å². The molecule has 2 aromatic carbocycles. The Morgan fingerprint density at radius 1 is 0.927 bits per heavy atom. The molecule has 0 spiro atoms. The van der Waals surface area contributed by atoms with E-state index in [1.54, 1.807) is 0 Å². The summed E-state index contributed by atoms with van der Waals surface area (Å²) in [7, 11) is 6.22. The quantitative estimate of drug-likeness (QED) is 0.107. The molecule has 3 rings (SSSR count). The van der Waals surface area contributed by atoms with Gasteiger partial charge in [-0.05, 0) is 36.1 Å². The first kappa shape index (κ1) is 34.0. The van der Waals surface area contributed by atoms with E-state index >= 15 is 0 Å². The highest BCUT2D eigenvalue weighted by Gasteiger charge is 2.25. The number of amides is 2. The number of benzene rings is 2. The van der Waals surface area contributed by atoms with Crippen molar-refractivity contribution in [3.05, 3.63) is 76.6 Å². The van der Waals surface area contributed by atoms with Crippen molar-refractivity contribution in [2.45, 2.75) is 38.3 Å². The Morgan fingerprint density at radius 3 is 2.27 bits per heavy atom. The zero-order valence-corrected chi connectivity index (χ0v) is 26.6. The van der Waals surface area contributed by atoms with Crippen LogP contribution in [0.4, 0.5) is 11.6 Å². The third-order valence-electron chi connectivity index (χ3n) is 6.54. The molecule has 1 heterocycles. The molecule has 3 aromatic rings. The average Bonchev–Trinajstić information content (AvgIpc) is 2.91. The second kappa shape index (κ2) is 16.3. The first-order chi connectivity index (χ1) is 19.0. The average molecular weight is 696 g/mol. The summed E-state index contributed by atoms with van der Waals surface area (Å²) in [6.45, 7) is 1.51. The number of halogens is 2. The van der Waals surface area contributed by atoms with Crippen molar-refractivity contribution in [1.82, 2.24) is 20.6 Å². The fourth-order valence-electron chi connectivity index (χ4n) is 4.09. The third-order valence-corrected chi connectivity index (χ3v) is 6.81. The molecule has 0 radical (unpaired) electrons. The number of hydrogen-bond donors (Lipinski definition) is 4. The number of nitrogens with one attached hydrogen (secondary N) is 2. The lowest BCUT2D eigenvalue weighted by atomic mass is 10.1. The number of anilines is 2. The summed E-state index contributed by atoms with van der Waals surface area (Å²) in [6, 6.07) is 17.7. The molecule has 0 aliphatic carbocycles. The number of nitrogen functional groups attached to an aromatic ring is 2. The Labute approximate surface area is 263 Å². The molecule has 41 heavy (non-hydrogen) atoms. The van der Waals surface area contributed by atoms with Gasteiger partial charge in [0.15, 0.2) is 22.5 Å². The molecule has 0 aliphatic rings. The number of ether oxygens (including phenoxy) is 1. The number of unbranched alkanes of at least 4 members (excludes halogenated alkanes) is 1. The van der Waals surface area contributed by atoms with Gasteiger partial charge in [-0.25, -0.2) is 9.97 Å². The zero-order valence-electron chi connectivity index (χ0n) is 23.7. The smallest absolute Gasteiger partial charge is 0.274 e. The first-order valence-electron chi connectivity index (χ1n) is 13.2. The Kier molecular flexibility index (Phi) is 13.6. The summed E-state index contributed by atoms with van der Waals surface area (Å²) >= 11 is 5.90. The summed E-state index contributed by atoms with van der Waals surface area (Å²) in [5.41, 5.74) is 13.4. The lowest BCUT2D eigenvalue weighted by molar-refractivity contribution is -0.895. The van der Waals surface area contributed by atoms with Crippen molar-refractivity contribution < 1.29 is 42.8 Å². The van der Waals surface area contributed by atoms with Crippen LogP contribution in [-0.2, 0) is 17.8 Å². The normalized spacial score (nSPS) is 11.7. The molecule has 6 N–H and O–H groups in total. The standard InChI is InChI=1S/C29H38ClN7O3.HI/c1-37(2,3)22(18-34-29(39)25-27(31)36-28(32)26(30)35-25)11-7-8-16-33-24(38)17-20-12-14-23(15-13-20)40-19-21-9-5-4-6-10-21;/h4-6,9-10,12-15,22H,7-8,11,16-19H2,1-3H3,(H5-,31,32,33,34,36,38,39);1H/t22-;/m0./s1. The number of nitrogens with zero attached hydrogens (tertiary/aromatic N) is 3. The van der Waals surface area contributed by atoms with Gasteiger partial charge in [-0.15, -0.1) is 0 Å². The summed E-state index contributed by atoms with van der Waals surface area (Å²) < 4.78 is 6.46. The van der Waals surface area contributed by atoms with Crippen molar-refractivity contribution in [3.8, 4) is 5.75 Å². The Bertz CT molecular complexity index is 1270. The van der Waals surface area contributed by atoms with Gasteiger partial charge in [0, 0.05) is 13.0 Å². The molecule has 222 valence electrons. The molecule has 0 bridgehead atoms. The first-order valence-corrected chi connectivity index (χ1v) is 13.6. The SMILES string of the molecule is C[N+](C)(C)[C@@H](CCCCNC(=O)Cc1ccc(OCc2ccccc2)cc1)CNC(=O)c1nc(Cl)c(N)nc1N.[I-]. The van der Waals surface area contributed by atoms with Gasteiger partial charge in [0.2, 0.25) is 5.91 Å². The minimum Gasteiger partial charge on any atom is -1.00 e. The van der Waals surface area contributed by atoms with E-state index in [4.69, 9.17) is 27.8 Å². The van der Waals surface area contributed by atoms with Gasteiger partial charge in [-0.3, -0.25) is 9.59 Å². The van der Waals surface area contributed by atoms with Crippen LogP contribution < -0.4 is 50.8 Å². The fourth-order valence-corrected chi connectivity index (χ4v) is 4.22. The molecule has 0 saturated carbocycles. The Hall–Kier alpha value is -3.16. The molecular weight excluding hydrogens is 657 g/mol. The molecule has 1 atom stereocenters. The van der Waals surface area contributed by atoms with Crippen LogP contribution in [0, 0.1) is 0 Å². The lowest BCUT2D eigenvalue weighted by Gasteiger charge is -2.34. The van der Waals surface area contributed by atoms with Crippen LogP contribution in [-0.4, -0.2) is 66.5 Å². The number of carbonyl (C=O) groups excluding carboxylic acids is 2. The van der Waals surface area contributed by atoms with Crippen molar-refractivity contribution in [2.75, 3.05) is 45.7 Å². The lowest BCUT2D eigenvalue weighted by Crippen LogP contribution is -3.00. The molecule has 0 fully saturated rings. The van der Waals surface area contributed by atoms with Crippen molar-refractivity contribution >= 4 is 35.1 Å². The van der Waals surface area contributed by atoms with E-state index in [2.05, 4.69) is 41.7 Å². The predicted molar refractivity (Wildman–Crippen MR) is 158 cm³/mol. The minimum absolute atomic E-state index is 0. The highest BCUT2D eigenvalue weighted by molar-refractivity contribution is 6.31. The van der Waals surface area contributed by atoms with E-state index in [9.17, 15) is 9.59 Å². The van der Waals surface area contributed by atoms with Gasteiger partial charge in [-0.1, -0.05) is 54.1 Å². The molecule has 1 aromatic heterocycles. The van der Waals surface area contributed by atoms with Gasteiger partial charge in [0.05, 0.1) is 34.1 Å². The number of likely N-dealkylation sites (N-methyl/N-ethyl adjacent to an activating group) is 1. The molecule has 0 saturated heterocycles. The van der Waals surface area contributed by atoms with E-state index in [0.29, 0.717) is 30.6 Å². The van der Waals surface area contributed by atoms with Crippen LogP contribution in [0.15, 0.2) is 54.6 Å². The predicted octanol–water partition coefficient (Wildman–Crippen LogP) is 0.211. The number of carbonyl (C=O) groups is 2. The fraction of sp³-hybridized carbons (Fsp3) is 0.379. The zero-order chi connectivity index (χ0) is 29.1. The van der Waals surface area contributed by atoms with Crippen LogP contribution in [0.3, 0.4) is 0 Å². The molecule has 2 amide bonds. The van der Waals surface area contributed by atoms with E-state index < -0.39 is 5.91 Å². The summed E-state index contributed by atoms with van der Waals surface area (Å²) in [4.78, 5) is 32.9. The maximum atomic E-state index is 12.6. The van der Waals surface area contributed by atoms with Gasteiger partial charge >= 0.3 is 0 Å². The van der Waals surface area contributed by atoms with E-state index in [1.165, 1.54) is 0 Å². The maximum Gasteiger partial charge on any atom is 0.274 e. The number of aromatic nitrogens is 2. The number of rotatable bonds is 14. The van der Waals surface area contributed by atoms with E-state index in [1.807, 2.05) is 54.6 Å². The second-order valence-electron chi connectivity index (χ2n) is 10.6. The van der Waals surface area contributed by atoms with E-state index in [0.717, 1.165) is 36.1 Å². The van der Waals surface area contributed by atoms with Crippen molar-refractivity contribution in [3.63, 3.8) is 0 Å².